The second kappa shape index (κ2) is 10.5. The number of anilines is 3. The Morgan fingerprint density at radius 3 is 2.25 bits per heavy atom. The number of pyridine rings is 1. The van der Waals surface area contributed by atoms with Crippen LogP contribution in [0.2, 0.25) is 0 Å². The standard InChI is InChI=1S/C25H23F3N4O4/c1-14-9-19(31-24(35)36)20(11-18(14)25(26,27)28)30-23(34)12-21(33)16-6-4-5-15(10-16)17-7-8-22(29-13-17)32(2)3/h4-11,13,31H,12H2,1-3H3,(H,30,34)(H,35,36). The quantitative estimate of drug-likeness (QED) is 0.294. The van der Waals surface area contributed by atoms with Crippen molar-refractivity contribution in [2.75, 3.05) is 29.6 Å². The summed E-state index contributed by atoms with van der Waals surface area (Å²) in [6.07, 6.45) is -5.26. The molecule has 36 heavy (non-hydrogen) atoms. The van der Waals surface area contributed by atoms with Crippen LogP contribution in [-0.4, -0.2) is 42.0 Å². The maximum Gasteiger partial charge on any atom is 0.416 e. The van der Waals surface area contributed by atoms with Crippen LogP contribution < -0.4 is 15.5 Å². The summed E-state index contributed by atoms with van der Waals surface area (Å²) in [6.45, 7) is 1.17. The molecule has 188 valence electrons. The van der Waals surface area contributed by atoms with Crippen molar-refractivity contribution in [2.45, 2.75) is 19.5 Å². The first kappa shape index (κ1) is 26.2. The third-order valence-electron chi connectivity index (χ3n) is 5.23. The smallest absolute Gasteiger partial charge is 0.416 e. The van der Waals surface area contributed by atoms with Gasteiger partial charge in [-0.25, -0.2) is 9.78 Å². The molecule has 0 saturated heterocycles. The van der Waals surface area contributed by atoms with Crippen LogP contribution in [-0.2, 0) is 11.0 Å². The minimum Gasteiger partial charge on any atom is -0.465 e. The topological polar surface area (TPSA) is 112 Å². The van der Waals surface area contributed by atoms with E-state index in [-0.39, 0.29) is 16.8 Å². The number of aryl methyl sites for hydroxylation is 1. The number of carboxylic acid groups (broad SMARTS) is 1. The molecule has 0 radical (unpaired) electrons. The molecule has 0 aliphatic heterocycles. The van der Waals surface area contributed by atoms with Crippen molar-refractivity contribution in [3.63, 3.8) is 0 Å². The van der Waals surface area contributed by atoms with Crippen LogP contribution in [0.3, 0.4) is 0 Å². The molecule has 0 aliphatic carbocycles. The fourth-order valence-electron chi connectivity index (χ4n) is 3.47. The highest BCUT2D eigenvalue weighted by Gasteiger charge is 2.33. The molecule has 0 unspecified atom stereocenters. The van der Waals surface area contributed by atoms with Gasteiger partial charge in [-0.2, -0.15) is 13.2 Å². The Kier molecular flexibility index (Phi) is 7.62. The summed E-state index contributed by atoms with van der Waals surface area (Å²) in [5.74, 6) is -0.708. The normalized spacial score (nSPS) is 11.1. The molecule has 1 aromatic heterocycles. The highest BCUT2D eigenvalue weighted by Crippen LogP contribution is 2.37. The van der Waals surface area contributed by atoms with Crippen LogP contribution in [0.25, 0.3) is 11.1 Å². The van der Waals surface area contributed by atoms with Gasteiger partial charge in [0.25, 0.3) is 0 Å². The first-order valence-corrected chi connectivity index (χ1v) is 10.6. The lowest BCUT2D eigenvalue weighted by Crippen LogP contribution is -2.20. The number of carbonyl (C=O) groups excluding carboxylic acids is 2. The molecule has 3 N–H and O–H groups in total. The molecule has 2 aromatic carbocycles. The number of aromatic nitrogens is 1. The average Bonchev–Trinajstić information content (AvgIpc) is 2.79. The van der Waals surface area contributed by atoms with Gasteiger partial charge >= 0.3 is 12.3 Å². The molecule has 1 heterocycles. The van der Waals surface area contributed by atoms with Crippen LogP contribution in [0.5, 0.6) is 0 Å². The number of nitrogens with zero attached hydrogens (tertiary/aromatic N) is 2. The Morgan fingerprint density at radius 2 is 1.67 bits per heavy atom. The zero-order valence-corrected chi connectivity index (χ0v) is 19.6. The highest BCUT2D eigenvalue weighted by molar-refractivity contribution is 6.12. The summed E-state index contributed by atoms with van der Waals surface area (Å²) in [6, 6.07) is 11.8. The molecule has 0 bridgehead atoms. The number of amides is 2. The number of Topliss-reactive ketones (excluding diaryl/α,β-unsaturated/α-hetero) is 1. The zero-order chi connectivity index (χ0) is 26.6. The largest absolute Gasteiger partial charge is 0.465 e. The van der Waals surface area contributed by atoms with Gasteiger partial charge < -0.3 is 15.3 Å². The van der Waals surface area contributed by atoms with E-state index in [0.717, 1.165) is 17.4 Å². The third-order valence-corrected chi connectivity index (χ3v) is 5.23. The summed E-state index contributed by atoms with van der Waals surface area (Å²) in [7, 11) is 3.71. The van der Waals surface area contributed by atoms with Crippen molar-refractivity contribution in [1.29, 1.82) is 0 Å². The average molecular weight is 500 g/mol. The number of hydrogen-bond acceptors (Lipinski definition) is 5. The molecular weight excluding hydrogens is 477 g/mol. The van der Waals surface area contributed by atoms with Crippen molar-refractivity contribution in [2.24, 2.45) is 0 Å². The van der Waals surface area contributed by atoms with Crippen molar-refractivity contribution in [1.82, 2.24) is 4.98 Å². The summed E-state index contributed by atoms with van der Waals surface area (Å²) in [4.78, 5) is 42.5. The molecule has 8 nitrogen and oxygen atoms in total. The summed E-state index contributed by atoms with van der Waals surface area (Å²) in [5.41, 5.74) is -0.253. The van der Waals surface area contributed by atoms with E-state index in [1.807, 2.05) is 36.4 Å². The van der Waals surface area contributed by atoms with Crippen molar-refractivity contribution in [3.05, 3.63) is 71.4 Å². The monoisotopic (exact) mass is 500 g/mol. The zero-order valence-electron chi connectivity index (χ0n) is 19.6. The van der Waals surface area contributed by atoms with Gasteiger partial charge in [0.05, 0.1) is 23.4 Å². The molecule has 3 rings (SSSR count). The molecule has 0 saturated carbocycles. The molecular formula is C25H23F3N4O4. The predicted octanol–water partition coefficient (Wildman–Crippen LogP) is 5.44. The Morgan fingerprint density at radius 1 is 0.972 bits per heavy atom. The van der Waals surface area contributed by atoms with Crippen LogP contribution in [0.1, 0.15) is 27.9 Å². The number of halogens is 3. The van der Waals surface area contributed by atoms with E-state index in [1.54, 1.807) is 24.4 Å². The first-order chi connectivity index (χ1) is 16.8. The van der Waals surface area contributed by atoms with E-state index < -0.39 is 41.6 Å². The number of alkyl halides is 3. The minimum atomic E-state index is -4.72. The van der Waals surface area contributed by atoms with Crippen molar-refractivity contribution < 1.29 is 32.7 Å². The van der Waals surface area contributed by atoms with Crippen molar-refractivity contribution in [3.8, 4) is 11.1 Å². The van der Waals surface area contributed by atoms with Gasteiger partial charge in [0.1, 0.15) is 5.82 Å². The van der Waals surface area contributed by atoms with E-state index in [0.29, 0.717) is 11.6 Å². The van der Waals surface area contributed by atoms with Gasteiger partial charge in [0.15, 0.2) is 5.78 Å². The summed E-state index contributed by atoms with van der Waals surface area (Å²) < 4.78 is 40.0. The van der Waals surface area contributed by atoms with E-state index >= 15 is 0 Å². The predicted molar refractivity (Wildman–Crippen MR) is 129 cm³/mol. The number of benzene rings is 2. The van der Waals surface area contributed by atoms with Gasteiger partial charge in [-0.05, 0) is 48.4 Å². The van der Waals surface area contributed by atoms with Gasteiger partial charge in [-0.3, -0.25) is 14.9 Å². The van der Waals surface area contributed by atoms with Crippen LogP contribution in [0, 0.1) is 6.92 Å². The minimum absolute atomic E-state index is 0.225. The van der Waals surface area contributed by atoms with E-state index in [2.05, 4.69) is 10.3 Å². The fraction of sp³-hybridized carbons (Fsp3) is 0.200. The molecule has 0 atom stereocenters. The Bertz CT molecular complexity index is 1310. The van der Waals surface area contributed by atoms with Gasteiger partial charge in [0, 0.05) is 31.4 Å². The SMILES string of the molecule is Cc1cc(NC(=O)O)c(NC(=O)CC(=O)c2cccc(-c3ccc(N(C)C)nc3)c2)cc1C(F)(F)F. The van der Waals surface area contributed by atoms with E-state index in [9.17, 15) is 27.6 Å². The lowest BCUT2D eigenvalue weighted by Gasteiger charge is -2.17. The molecule has 0 aliphatic rings. The molecule has 0 fully saturated rings. The lowest BCUT2D eigenvalue weighted by atomic mass is 10.0. The number of hydrogen-bond donors (Lipinski definition) is 3. The van der Waals surface area contributed by atoms with E-state index in [4.69, 9.17) is 5.11 Å². The number of carbonyl (C=O) groups is 3. The Hall–Kier alpha value is -4.41. The Balaban J connectivity index is 1.80. The van der Waals surface area contributed by atoms with Gasteiger partial charge in [-0.15, -0.1) is 0 Å². The number of rotatable bonds is 7. The summed E-state index contributed by atoms with van der Waals surface area (Å²) >= 11 is 0. The van der Waals surface area contributed by atoms with E-state index in [1.165, 1.54) is 13.0 Å². The fourth-order valence-corrected chi connectivity index (χ4v) is 3.47. The molecule has 3 aromatic rings. The van der Waals surface area contributed by atoms with Gasteiger partial charge in [0.2, 0.25) is 5.91 Å². The first-order valence-electron chi connectivity index (χ1n) is 10.6. The van der Waals surface area contributed by atoms with Crippen molar-refractivity contribution >= 4 is 35.0 Å². The molecule has 0 spiro atoms. The third kappa shape index (κ3) is 6.38. The second-order valence-corrected chi connectivity index (χ2v) is 8.17. The highest BCUT2D eigenvalue weighted by atomic mass is 19.4. The number of ketones is 1. The lowest BCUT2D eigenvalue weighted by molar-refractivity contribution is -0.138. The summed E-state index contributed by atoms with van der Waals surface area (Å²) in [5, 5.41) is 13.2. The van der Waals surface area contributed by atoms with Crippen LogP contribution >= 0.6 is 0 Å². The number of nitrogens with one attached hydrogen (secondary N) is 2. The maximum absolute atomic E-state index is 13.3. The van der Waals surface area contributed by atoms with Gasteiger partial charge in [-0.1, -0.05) is 18.2 Å². The molecule has 2 amide bonds. The molecule has 11 heteroatoms. The maximum atomic E-state index is 13.3. The second-order valence-electron chi connectivity index (χ2n) is 8.17. The van der Waals surface area contributed by atoms with Crippen LogP contribution in [0.15, 0.2) is 54.7 Å². The van der Waals surface area contributed by atoms with Crippen LogP contribution in [0.4, 0.5) is 35.2 Å². The Labute approximate surface area is 204 Å².